The third-order valence-corrected chi connectivity index (χ3v) is 2.49. The Morgan fingerprint density at radius 2 is 2.33 bits per heavy atom. The number of alkyl carbamates (subject to hydrolysis) is 1. The SMILES string of the molecule is CC(C)COC(=O)NC1CCNC(C)C1. The first-order chi connectivity index (χ1) is 7.08. The number of nitrogens with one attached hydrogen (secondary N) is 2. The van der Waals surface area contributed by atoms with Crippen LogP contribution < -0.4 is 10.6 Å². The van der Waals surface area contributed by atoms with Crippen molar-refractivity contribution >= 4 is 6.09 Å². The summed E-state index contributed by atoms with van der Waals surface area (Å²) in [5, 5.41) is 6.25. The highest BCUT2D eigenvalue weighted by atomic mass is 16.5. The Hall–Kier alpha value is -0.770. The van der Waals surface area contributed by atoms with E-state index >= 15 is 0 Å². The Morgan fingerprint density at radius 1 is 1.60 bits per heavy atom. The van der Waals surface area contributed by atoms with E-state index in [4.69, 9.17) is 4.74 Å². The molecular weight excluding hydrogens is 192 g/mol. The molecule has 2 unspecified atom stereocenters. The van der Waals surface area contributed by atoms with Gasteiger partial charge in [0.25, 0.3) is 0 Å². The molecule has 1 heterocycles. The van der Waals surface area contributed by atoms with Gasteiger partial charge in [-0.2, -0.15) is 0 Å². The Morgan fingerprint density at radius 3 is 2.93 bits per heavy atom. The summed E-state index contributed by atoms with van der Waals surface area (Å²) in [6.07, 6.45) is 1.69. The average molecular weight is 214 g/mol. The van der Waals surface area contributed by atoms with Crippen molar-refractivity contribution in [3.63, 3.8) is 0 Å². The number of piperidine rings is 1. The summed E-state index contributed by atoms with van der Waals surface area (Å²) in [6, 6.07) is 0.745. The molecule has 0 bridgehead atoms. The molecule has 88 valence electrons. The van der Waals surface area contributed by atoms with Gasteiger partial charge < -0.3 is 15.4 Å². The zero-order valence-electron chi connectivity index (χ0n) is 9.88. The molecule has 1 rings (SSSR count). The fraction of sp³-hybridized carbons (Fsp3) is 0.909. The van der Waals surface area contributed by atoms with Gasteiger partial charge in [-0.25, -0.2) is 4.79 Å². The van der Waals surface area contributed by atoms with Crippen LogP contribution in [0.25, 0.3) is 0 Å². The van der Waals surface area contributed by atoms with Crippen LogP contribution >= 0.6 is 0 Å². The van der Waals surface area contributed by atoms with Crippen molar-refractivity contribution in [1.82, 2.24) is 10.6 Å². The Balaban J connectivity index is 2.19. The van der Waals surface area contributed by atoms with Crippen LogP contribution in [-0.2, 0) is 4.74 Å². The minimum absolute atomic E-state index is 0.265. The van der Waals surface area contributed by atoms with Gasteiger partial charge in [-0.05, 0) is 32.2 Å². The largest absolute Gasteiger partial charge is 0.449 e. The predicted molar refractivity (Wildman–Crippen MR) is 59.8 cm³/mol. The van der Waals surface area contributed by atoms with Crippen molar-refractivity contribution in [3.05, 3.63) is 0 Å². The lowest BCUT2D eigenvalue weighted by Gasteiger charge is -2.28. The molecular formula is C11H22N2O2. The Labute approximate surface area is 91.8 Å². The molecule has 0 radical (unpaired) electrons. The van der Waals surface area contributed by atoms with E-state index in [2.05, 4.69) is 17.6 Å². The number of ether oxygens (including phenoxy) is 1. The lowest BCUT2D eigenvalue weighted by Crippen LogP contribution is -2.46. The molecule has 0 aliphatic carbocycles. The first-order valence-electron chi connectivity index (χ1n) is 5.74. The number of hydrogen-bond donors (Lipinski definition) is 2. The van der Waals surface area contributed by atoms with Crippen LogP contribution in [0.1, 0.15) is 33.6 Å². The summed E-state index contributed by atoms with van der Waals surface area (Å²) in [5.41, 5.74) is 0. The molecule has 1 aliphatic heterocycles. The smallest absolute Gasteiger partial charge is 0.407 e. The maximum absolute atomic E-state index is 11.4. The first-order valence-corrected chi connectivity index (χ1v) is 5.74. The van der Waals surface area contributed by atoms with Crippen molar-refractivity contribution < 1.29 is 9.53 Å². The third-order valence-electron chi connectivity index (χ3n) is 2.49. The quantitative estimate of drug-likeness (QED) is 0.748. The molecule has 0 spiro atoms. The van der Waals surface area contributed by atoms with Crippen LogP contribution in [0.15, 0.2) is 0 Å². The zero-order valence-corrected chi connectivity index (χ0v) is 9.88. The van der Waals surface area contributed by atoms with Gasteiger partial charge >= 0.3 is 6.09 Å². The highest BCUT2D eigenvalue weighted by Crippen LogP contribution is 2.08. The van der Waals surface area contributed by atoms with Crippen LogP contribution in [0.2, 0.25) is 0 Å². The van der Waals surface area contributed by atoms with Crippen molar-refractivity contribution in [2.45, 2.75) is 45.7 Å². The van der Waals surface area contributed by atoms with Crippen molar-refractivity contribution in [1.29, 1.82) is 0 Å². The first kappa shape index (κ1) is 12.3. The molecule has 0 aromatic carbocycles. The predicted octanol–water partition coefficient (Wildman–Crippen LogP) is 1.51. The molecule has 1 aliphatic rings. The van der Waals surface area contributed by atoms with E-state index in [1.165, 1.54) is 0 Å². The van der Waals surface area contributed by atoms with E-state index in [9.17, 15) is 4.79 Å². The van der Waals surface area contributed by atoms with Gasteiger partial charge in [-0.1, -0.05) is 13.8 Å². The second-order valence-electron chi connectivity index (χ2n) is 4.71. The number of carbonyl (C=O) groups is 1. The molecule has 1 amide bonds. The van der Waals surface area contributed by atoms with Crippen molar-refractivity contribution in [2.24, 2.45) is 5.92 Å². The van der Waals surface area contributed by atoms with Crippen LogP contribution in [-0.4, -0.2) is 31.3 Å². The van der Waals surface area contributed by atoms with E-state index in [-0.39, 0.29) is 12.1 Å². The molecule has 0 saturated carbocycles. The molecule has 2 N–H and O–H groups in total. The van der Waals surface area contributed by atoms with Gasteiger partial charge in [0.05, 0.1) is 6.61 Å². The van der Waals surface area contributed by atoms with Crippen LogP contribution in [0.4, 0.5) is 4.79 Å². The monoisotopic (exact) mass is 214 g/mol. The summed E-state index contributed by atoms with van der Waals surface area (Å²) in [4.78, 5) is 11.4. The number of rotatable bonds is 3. The minimum atomic E-state index is -0.275. The molecule has 15 heavy (non-hydrogen) atoms. The number of amides is 1. The zero-order chi connectivity index (χ0) is 11.3. The second kappa shape index (κ2) is 5.95. The summed E-state index contributed by atoms with van der Waals surface area (Å²) >= 11 is 0. The normalized spacial score (nSPS) is 26.4. The Bertz CT molecular complexity index is 207. The topological polar surface area (TPSA) is 50.4 Å². The lowest BCUT2D eigenvalue weighted by molar-refractivity contribution is 0.126. The fourth-order valence-corrected chi connectivity index (χ4v) is 1.71. The molecule has 0 aromatic rings. The minimum Gasteiger partial charge on any atom is -0.449 e. The molecule has 1 fully saturated rings. The lowest BCUT2D eigenvalue weighted by atomic mass is 10.0. The van der Waals surface area contributed by atoms with Crippen LogP contribution in [0.3, 0.4) is 0 Å². The second-order valence-corrected chi connectivity index (χ2v) is 4.71. The van der Waals surface area contributed by atoms with Gasteiger partial charge in [0, 0.05) is 12.1 Å². The molecule has 4 nitrogen and oxygen atoms in total. The summed E-state index contributed by atoms with van der Waals surface area (Å²) in [7, 11) is 0. The van der Waals surface area contributed by atoms with Gasteiger partial charge in [0.15, 0.2) is 0 Å². The molecule has 0 aromatic heterocycles. The number of hydrogen-bond acceptors (Lipinski definition) is 3. The van der Waals surface area contributed by atoms with E-state index < -0.39 is 0 Å². The standard InChI is InChI=1S/C11H22N2O2/c1-8(2)7-15-11(14)13-10-4-5-12-9(3)6-10/h8-10,12H,4-7H2,1-3H3,(H,13,14). The van der Waals surface area contributed by atoms with Gasteiger partial charge in [0.2, 0.25) is 0 Å². The van der Waals surface area contributed by atoms with E-state index in [0.29, 0.717) is 18.6 Å². The van der Waals surface area contributed by atoms with Gasteiger partial charge in [-0.3, -0.25) is 0 Å². The molecule has 4 heteroatoms. The van der Waals surface area contributed by atoms with E-state index in [0.717, 1.165) is 19.4 Å². The third kappa shape index (κ3) is 5.02. The highest BCUT2D eigenvalue weighted by Gasteiger charge is 2.20. The van der Waals surface area contributed by atoms with Crippen LogP contribution in [0, 0.1) is 5.92 Å². The van der Waals surface area contributed by atoms with E-state index in [1.807, 2.05) is 13.8 Å². The fourth-order valence-electron chi connectivity index (χ4n) is 1.71. The van der Waals surface area contributed by atoms with Crippen LogP contribution in [0.5, 0.6) is 0 Å². The Kier molecular flexibility index (Phi) is 4.88. The summed E-state index contributed by atoms with van der Waals surface area (Å²) in [5.74, 6) is 0.391. The maximum Gasteiger partial charge on any atom is 0.407 e. The van der Waals surface area contributed by atoms with Gasteiger partial charge in [-0.15, -0.1) is 0 Å². The summed E-state index contributed by atoms with van der Waals surface area (Å²) < 4.78 is 5.07. The van der Waals surface area contributed by atoms with Gasteiger partial charge in [0.1, 0.15) is 0 Å². The van der Waals surface area contributed by atoms with E-state index in [1.54, 1.807) is 0 Å². The average Bonchev–Trinajstić information content (AvgIpc) is 2.15. The highest BCUT2D eigenvalue weighted by molar-refractivity contribution is 5.67. The maximum atomic E-state index is 11.4. The summed E-state index contributed by atoms with van der Waals surface area (Å²) in [6.45, 7) is 7.65. The molecule has 1 saturated heterocycles. The van der Waals surface area contributed by atoms with Crippen molar-refractivity contribution in [3.8, 4) is 0 Å². The van der Waals surface area contributed by atoms with Crippen molar-refractivity contribution in [2.75, 3.05) is 13.2 Å². The molecule has 2 atom stereocenters. The number of carbonyl (C=O) groups excluding carboxylic acids is 1.